The fraction of sp³-hybridized carbons (Fsp3) is 0.263. The van der Waals surface area contributed by atoms with Crippen molar-refractivity contribution >= 4 is 10.9 Å². The minimum Gasteiger partial charge on any atom is -0.496 e. The maximum atomic E-state index is 5.29. The fourth-order valence-corrected chi connectivity index (χ4v) is 2.84. The predicted molar refractivity (Wildman–Crippen MR) is 91.4 cm³/mol. The molecule has 2 aromatic carbocycles. The van der Waals surface area contributed by atoms with Crippen molar-refractivity contribution in [1.29, 1.82) is 0 Å². The van der Waals surface area contributed by atoms with Crippen molar-refractivity contribution in [2.45, 2.75) is 19.9 Å². The first-order valence-corrected chi connectivity index (χ1v) is 7.67. The third-order valence-electron chi connectivity index (χ3n) is 4.03. The van der Waals surface area contributed by atoms with Crippen molar-refractivity contribution in [2.75, 3.05) is 13.7 Å². The lowest BCUT2D eigenvalue weighted by atomic mass is 10.1. The van der Waals surface area contributed by atoms with E-state index in [1.165, 1.54) is 27.6 Å². The highest BCUT2D eigenvalue weighted by atomic mass is 16.5. The van der Waals surface area contributed by atoms with Crippen LogP contribution < -0.4 is 10.1 Å². The lowest BCUT2D eigenvalue weighted by molar-refractivity contribution is 0.411. The SMILES string of the molecule is COc1ccc(CNCCc2c[nH]c3ccccc23)cc1C. The molecule has 1 heterocycles. The fourth-order valence-electron chi connectivity index (χ4n) is 2.84. The van der Waals surface area contributed by atoms with E-state index in [0.717, 1.165) is 25.3 Å². The van der Waals surface area contributed by atoms with Gasteiger partial charge in [0.05, 0.1) is 7.11 Å². The van der Waals surface area contributed by atoms with Gasteiger partial charge in [0.1, 0.15) is 5.75 Å². The molecule has 0 bridgehead atoms. The minimum atomic E-state index is 0.882. The van der Waals surface area contributed by atoms with Crippen LogP contribution in [0.25, 0.3) is 10.9 Å². The van der Waals surface area contributed by atoms with E-state index >= 15 is 0 Å². The summed E-state index contributed by atoms with van der Waals surface area (Å²) in [5, 5.41) is 4.84. The quantitative estimate of drug-likeness (QED) is 0.678. The smallest absolute Gasteiger partial charge is 0.121 e. The minimum absolute atomic E-state index is 0.882. The number of aromatic nitrogens is 1. The first-order chi connectivity index (χ1) is 10.8. The molecule has 0 spiro atoms. The number of methoxy groups -OCH3 is 1. The van der Waals surface area contributed by atoms with Gasteiger partial charge in [0.25, 0.3) is 0 Å². The zero-order chi connectivity index (χ0) is 15.4. The first-order valence-electron chi connectivity index (χ1n) is 7.67. The molecule has 0 amide bonds. The lowest BCUT2D eigenvalue weighted by Crippen LogP contribution is -2.16. The summed E-state index contributed by atoms with van der Waals surface area (Å²) in [6.45, 7) is 3.92. The Morgan fingerprint density at radius 2 is 2.00 bits per heavy atom. The molecule has 0 aliphatic heterocycles. The molecule has 0 atom stereocenters. The molecule has 114 valence electrons. The van der Waals surface area contributed by atoms with Gasteiger partial charge in [-0.3, -0.25) is 0 Å². The number of aromatic amines is 1. The van der Waals surface area contributed by atoms with E-state index in [4.69, 9.17) is 4.74 Å². The van der Waals surface area contributed by atoms with Crippen molar-refractivity contribution in [3.63, 3.8) is 0 Å². The van der Waals surface area contributed by atoms with Gasteiger partial charge in [-0.25, -0.2) is 0 Å². The van der Waals surface area contributed by atoms with Crippen molar-refractivity contribution in [3.8, 4) is 5.75 Å². The molecule has 3 heteroatoms. The van der Waals surface area contributed by atoms with Crippen molar-refractivity contribution < 1.29 is 4.74 Å². The van der Waals surface area contributed by atoms with Crippen molar-refractivity contribution in [1.82, 2.24) is 10.3 Å². The maximum absolute atomic E-state index is 5.29. The number of H-pyrrole nitrogens is 1. The van der Waals surface area contributed by atoms with Gasteiger partial charge in [0, 0.05) is 23.6 Å². The molecule has 3 rings (SSSR count). The number of nitrogens with one attached hydrogen (secondary N) is 2. The molecule has 0 radical (unpaired) electrons. The highest BCUT2D eigenvalue weighted by Crippen LogP contribution is 2.19. The van der Waals surface area contributed by atoms with Crippen LogP contribution in [0.4, 0.5) is 0 Å². The van der Waals surface area contributed by atoms with E-state index in [1.54, 1.807) is 7.11 Å². The van der Waals surface area contributed by atoms with E-state index in [9.17, 15) is 0 Å². The average molecular weight is 294 g/mol. The van der Waals surface area contributed by atoms with E-state index < -0.39 is 0 Å². The molecule has 0 unspecified atom stereocenters. The van der Waals surface area contributed by atoms with E-state index in [2.05, 4.69) is 59.8 Å². The Balaban J connectivity index is 1.54. The second-order valence-electron chi connectivity index (χ2n) is 5.59. The number of hydrogen-bond donors (Lipinski definition) is 2. The number of aryl methyl sites for hydroxylation is 1. The summed E-state index contributed by atoms with van der Waals surface area (Å²) in [6, 6.07) is 14.8. The molecular formula is C19H22N2O. The zero-order valence-electron chi connectivity index (χ0n) is 13.1. The second kappa shape index (κ2) is 6.67. The molecule has 0 aliphatic carbocycles. The van der Waals surface area contributed by atoms with Crippen LogP contribution in [0, 0.1) is 6.92 Å². The highest BCUT2D eigenvalue weighted by molar-refractivity contribution is 5.83. The van der Waals surface area contributed by atoms with Gasteiger partial charge in [-0.05, 0) is 48.7 Å². The summed E-state index contributed by atoms with van der Waals surface area (Å²) in [6.07, 6.45) is 3.14. The van der Waals surface area contributed by atoms with Crippen LogP contribution in [0.1, 0.15) is 16.7 Å². The van der Waals surface area contributed by atoms with Gasteiger partial charge in [-0.2, -0.15) is 0 Å². The lowest BCUT2D eigenvalue weighted by Gasteiger charge is -2.08. The Labute approximate surface area is 131 Å². The Morgan fingerprint density at radius 3 is 2.82 bits per heavy atom. The molecule has 0 saturated heterocycles. The molecule has 3 nitrogen and oxygen atoms in total. The van der Waals surface area contributed by atoms with E-state index in [1.807, 2.05) is 6.07 Å². The van der Waals surface area contributed by atoms with Gasteiger partial charge in [0.2, 0.25) is 0 Å². The van der Waals surface area contributed by atoms with Gasteiger partial charge in [0.15, 0.2) is 0 Å². The normalized spacial score (nSPS) is 11.0. The predicted octanol–water partition coefficient (Wildman–Crippen LogP) is 3.82. The van der Waals surface area contributed by atoms with Gasteiger partial charge >= 0.3 is 0 Å². The van der Waals surface area contributed by atoms with Crippen LogP contribution in [-0.4, -0.2) is 18.6 Å². The van der Waals surface area contributed by atoms with Crippen LogP contribution in [0.15, 0.2) is 48.7 Å². The molecule has 1 aromatic heterocycles. The number of ether oxygens (including phenoxy) is 1. The van der Waals surface area contributed by atoms with Crippen LogP contribution in [0.2, 0.25) is 0 Å². The van der Waals surface area contributed by atoms with Crippen molar-refractivity contribution in [2.24, 2.45) is 0 Å². The first kappa shape index (κ1) is 14.7. The van der Waals surface area contributed by atoms with Crippen LogP contribution in [0.5, 0.6) is 5.75 Å². The van der Waals surface area contributed by atoms with Crippen LogP contribution >= 0.6 is 0 Å². The highest BCUT2D eigenvalue weighted by Gasteiger charge is 2.03. The largest absolute Gasteiger partial charge is 0.496 e. The van der Waals surface area contributed by atoms with Gasteiger partial charge < -0.3 is 15.0 Å². The summed E-state index contributed by atoms with van der Waals surface area (Å²) in [4.78, 5) is 3.33. The Kier molecular flexibility index (Phi) is 4.45. The Hall–Kier alpha value is -2.26. The van der Waals surface area contributed by atoms with Crippen molar-refractivity contribution in [3.05, 3.63) is 65.4 Å². The van der Waals surface area contributed by atoms with Crippen LogP contribution in [-0.2, 0) is 13.0 Å². The van der Waals surface area contributed by atoms with Crippen LogP contribution in [0.3, 0.4) is 0 Å². The molecule has 0 aliphatic rings. The van der Waals surface area contributed by atoms with E-state index in [0.29, 0.717) is 0 Å². The second-order valence-corrected chi connectivity index (χ2v) is 5.59. The molecular weight excluding hydrogens is 272 g/mol. The summed E-state index contributed by atoms with van der Waals surface area (Å²) >= 11 is 0. The monoisotopic (exact) mass is 294 g/mol. The Bertz CT molecular complexity index is 761. The number of para-hydroxylation sites is 1. The van der Waals surface area contributed by atoms with Gasteiger partial charge in [-0.1, -0.05) is 30.3 Å². The average Bonchev–Trinajstić information content (AvgIpc) is 2.95. The summed E-state index contributed by atoms with van der Waals surface area (Å²) in [7, 11) is 1.71. The molecule has 22 heavy (non-hydrogen) atoms. The number of benzene rings is 2. The van der Waals surface area contributed by atoms with Gasteiger partial charge in [-0.15, -0.1) is 0 Å². The molecule has 3 aromatic rings. The summed E-state index contributed by atoms with van der Waals surface area (Å²) in [5.74, 6) is 0.947. The Morgan fingerprint density at radius 1 is 1.14 bits per heavy atom. The zero-order valence-corrected chi connectivity index (χ0v) is 13.1. The molecule has 2 N–H and O–H groups in total. The number of hydrogen-bond acceptors (Lipinski definition) is 2. The third kappa shape index (κ3) is 3.15. The molecule has 0 fully saturated rings. The standard InChI is InChI=1S/C19H22N2O/c1-14-11-15(7-8-19(14)22-2)12-20-10-9-16-13-21-18-6-4-3-5-17(16)18/h3-8,11,13,20-21H,9-10,12H2,1-2H3. The third-order valence-corrected chi connectivity index (χ3v) is 4.03. The topological polar surface area (TPSA) is 37.0 Å². The van der Waals surface area contributed by atoms with E-state index in [-0.39, 0.29) is 0 Å². The summed E-state index contributed by atoms with van der Waals surface area (Å²) < 4.78 is 5.29. The molecule has 0 saturated carbocycles. The number of fused-ring (bicyclic) bond motifs is 1. The number of rotatable bonds is 6. The summed E-state index contributed by atoms with van der Waals surface area (Å²) in [5.41, 5.74) is 5.05. The maximum Gasteiger partial charge on any atom is 0.121 e.